The van der Waals surface area contributed by atoms with E-state index in [4.69, 9.17) is 5.73 Å². The highest BCUT2D eigenvalue weighted by atomic mass is 14.5. The minimum absolute atomic E-state index is 0.676. The topological polar surface area (TPSA) is 26.0 Å². The maximum absolute atomic E-state index is 5.63. The molecule has 0 aromatic rings. The van der Waals surface area contributed by atoms with Gasteiger partial charge in [0.1, 0.15) is 0 Å². The highest BCUT2D eigenvalue weighted by molar-refractivity contribution is 5.08. The van der Waals surface area contributed by atoms with Gasteiger partial charge in [0.15, 0.2) is 0 Å². The zero-order valence-corrected chi connectivity index (χ0v) is 21.8. The third-order valence-corrected chi connectivity index (χ3v) is 5.66. The van der Waals surface area contributed by atoms with Crippen LogP contribution in [0.15, 0.2) is 69.9 Å². The van der Waals surface area contributed by atoms with Gasteiger partial charge in [0.25, 0.3) is 0 Å². The molecule has 0 aliphatic heterocycles. The van der Waals surface area contributed by atoms with E-state index in [9.17, 15) is 0 Å². The fraction of sp³-hybridized carbons (Fsp3) is 0.600. The molecule has 0 radical (unpaired) electrons. The van der Waals surface area contributed by atoms with E-state index in [1.54, 1.807) is 0 Å². The van der Waals surface area contributed by atoms with Crippen molar-refractivity contribution in [1.82, 2.24) is 0 Å². The molecule has 1 nitrogen and oxygen atoms in total. The summed E-state index contributed by atoms with van der Waals surface area (Å²) >= 11 is 0. The Balaban J connectivity index is 4.07. The summed E-state index contributed by atoms with van der Waals surface area (Å²) in [6, 6.07) is 0. The average molecular weight is 426 g/mol. The summed E-state index contributed by atoms with van der Waals surface area (Å²) in [5, 5.41) is 0. The first-order chi connectivity index (χ1) is 14.7. The van der Waals surface area contributed by atoms with Crippen molar-refractivity contribution in [2.75, 3.05) is 6.54 Å². The van der Waals surface area contributed by atoms with Gasteiger partial charge >= 0.3 is 0 Å². The number of nitrogens with two attached hydrogens (primary N) is 1. The molecule has 0 rings (SSSR count). The molecule has 0 bridgehead atoms. The summed E-state index contributed by atoms with van der Waals surface area (Å²) in [6.07, 6.45) is 25.9. The second-order valence-corrected chi connectivity index (χ2v) is 9.47. The standard InChI is InChI=1S/C30H51N/c1-25(2)14-10-17-28(5)20-11-18-26(3)15-8-9-16-27(4)19-12-21-29(6)22-13-23-30(7)24-31/h14-16,20-21,23H,8-13,17-19,22,24,31H2,1-7H3/b26-15+,27-16+,28-20-,29-21+,30-23+. The number of hydrogen-bond donors (Lipinski definition) is 1. The molecule has 2 N–H and O–H groups in total. The lowest BCUT2D eigenvalue weighted by atomic mass is 10.0. The summed E-state index contributed by atoms with van der Waals surface area (Å²) in [6.45, 7) is 16.2. The van der Waals surface area contributed by atoms with Crippen LogP contribution in [0.1, 0.15) is 113 Å². The summed E-state index contributed by atoms with van der Waals surface area (Å²) in [5.41, 5.74) is 14.4. The quantitative estimate of drug-likeness (QED) is 0.193. The van der Waals surface area contributed by atoms with E-state index in [0.717, 1.165) is 32.1 Å². The predicted molar refractivity (Wildman–Crippen MR) is 143 cm³/mol. The molecule has 0 aromatic carbocycles. The SMILES string of the molecule is CC(C)=CCC/C(C)=C\CC/C(C)=C/CC/C=C(\C)CC/C=C(\C)CC/C=C(\C)CN. The van der Waals surface area contributed by atoms with Crippen molar-refractivity contribution < 1.29 is 0 Å². The van der Waals surface area contributed by atoms with Gasteiger partial charge in [-0.15, -0.1) is 0 Å². The molecule has 0 fully saturated rings. The Labute approximate surface area is 195 Å². The average Bonchev–Trinajstić information content (AvgIpc) is 2.70. The number of allylic oxidation sites excluding steroid dienone is 11. The van der Waals surface area contributed by atoms with Crippen molar-refractivity contribution in [2.45, 2.75) is 113 Å². The third kappa shape index (κ3) is 20.1. The summed E-state index contributed by atoms with van der Waals surface area (Å²) in [5.74, 6) is 0. The van der Waals surface area contributed by atoms with Crippen molar-refractivity contribution in [3.63, 3.8) is 0 Å². The predicted octanol–water partition coefficient (Wildman–Crippen LogP) is 9.54. The van der Waals surface area contributed by atoms with Crippen molar-refractivity contribution in [3.8, 4) is 0 Å². The Morgan fingerprint density at radius 3 is 1.03 bits per heavy atom. The molecule has 0 spiro atoms. The van der Waals surface area contributed by atoms with E-state index < -0.39 is 0 Å². The third-order valence-electron chi connectivity index (χ3n) is 5.66. The van der Waals surface area contributed by atoms with E-state index in [0.29, 0.717) is 6.54 Å². The van der Waals surface area contributed by atoms with Crippen LogP contribution in [-0.4, -0.2) is 6.54 Å². The smallest absolute Gasteiger partial charge is 0.0134 e. The van der Waals surface area contributed by atoms with Gasteiger partial charge in [-0.25, -0.2) is 0 Å². The van der Waals surface area contributed by atoms with E-state index in [1.807, 2.05) is 0 Å². The van der Waals surface area contributed by atoms with Crippen LogP contribution >= 0.6 is 0 Å². The van der Waals surface area contributed by atoms with Crippen LogP contribution in [0, 0.1) is 0 Å². The molecule has 0 saturated carbocycles. The normalized spacial score (nSPS) is 14.3. The second kappa shape index (κ2) is 19.1. The van der Waals surface area contributed by atoms with Gasteiger partial charge in [0, 0.05) is 6.54 Å². The van der Waals surface area contributed by atoms with Gasteiger partial charge in [-0.3, -0.25) is 0 Å². The van der Waals surface area contributed by atoms with E-state index in [2.05, 4.69) is 84.9 Å². The number of unbranched alkanes of at least 4 members (excludes halogenated alkanes) is 1. The van der Waals surface area contributed by atoms with Gasteiger partial charge in [0.2, 0.25) is 0 Å². The van der Waals surface area contributed by atoms with Crippen molar-refractivity contribution in [1.29, 1.82) is 0 Å². The highest BCUT2D eigenvalue weighted by Crippen LogP contribution is 2.14. The first-order valence-corrected chi connectivity index (χ1v) is 12.4. The zero-order chi connectivity index (χ0) is 23.5. The van der Waals surface area contributed by atoms with Crippen LogP contribution in [-0.2, 0) is 0 Å². The molecule has 0 aliphatic carbocycles. The highest BCUT2D eigenvalue weighted by Gasteiger charge is 1.94. The Morgan fingerprint density at radius 2 is 0.710 bits per heavy atom. The first kappa shape index (κ1) is 29.4. The van der Waals surface area contributed by atoms with Crippen molar-refractivity contribution >= 4 is 0 Å². The molecule has 0 saturated heterocycles. The summed E-state index contributed by atoms with van der Waals surface area (Å²) < 4.78 is 0. The molecule has 0 amide bonds. The van der Waals surface area contributed by atoms with E-state index in [1.165, 1.54) is 65.5 Å². The largest absolute Gasteiger partial charge is 0.327 e. The van der Waals surface area contributed by atoms with Gasteiger partial charge < -0.3 is 5.73 Å². The first-order valence-electron chi connectivity index (χ1n) is 12.4. The minimum Gasteiger partial charge on any atom is -0.327 e. The molecular weight excluding hydrogens is 374 g/mol. The Bertz CT molecular complexity index is 661. The summed E-state index contributed by atoms with van der Waals surface area (Å²) in [7, 11) is 0. The maximum atomic E-state index is 5.63. The van der Waals surface area contributed by atoms with Crippen molar-refractivity contribution in [2.24, 2.45) is 5.73 Å². The molecule has 31 heavy (non-hydrogen) atoms. The fourth-order valence-electron chi connectivity index (χ4n) is 3.38. The lowest BCUT2D eigenvalue weighted by Gasteiger charge is -2.03. The second-order valence-electron chi connectivity index (χ2n) is 9.47. The summed E-state index contributed by atoms with van der Waals surface area (Å²) in [4.78, 5) is 0. The van der Waals surface area contributed by atoms with Gasteiger partial charge in [-0.2, -0.15) is 0 Å². The molecule has 0 heterocycles. The van der Waals surface area contributed by atoms with Crippen LogP contribution < -0.4 is 5.73 Å². The van der Waals surface area contributed by atoms with Crippen LogP contribution in [0.4, 0.5) is 0 Å². The Morgan fingerprint density at radius 1 is 0.419 bits per heavy atom. The van der Waals surface area contributed by atoms with Gasteiger partial charge in [-0.05, 0) is 113 Å². The molecule has 0 atom stereocenters. The van der Waals surface area contributed by atoms with Crippen LogP contribution in [0.3, 0.4) is 0 Å². The lowest BCUT2D eigenvalue weighted by Crippen LogP contribution is -1.99. The van der Waals surface area contributed by atoms with Crippen molar-refractivity contribution in [3.05, 3.63) is 69.9 Å². The zero-order valence-electron chi connectivity index (χ0n) is 21.8. The molecular formula is C30H51N. The monoisotopic (exact) mass is 425 g/mol. The van der Waals surface area contributed by atoms with Crippen LogP contribution in [0.2, 0.25) is 0 Å². The van der Waals surface area contributed by atoms with Gasteiger partial charge in [0.05, 0.1) is 0 Å². The molecule has 0 unspecified atom stereocenters. The number of hydrogen-bond acceptors (Lipinski definition) is 1. The molecule has 0 aromatic heterocycles. The fourth-order valence-corrected chi connectivity index (χ4v) is 3.38. The molecule has 0 aliphatic rings. The van der Waals surface area contributed by atoms with E-state index >= 15 is 0 Å². The van der Waals surface area contributed by atoms with E-state index in [-0.39, 0.29) is 0 Å². The Hall–Kier alpha value is -1.60. The Kier molecular flexibility index (Phi) is 18.1. The maximum Gasteiger partial charge on any atom is 0.0134 e. The molecule has 1 heteroatoms. The van der Waals surface area contributed by atoms with Crippen LogP contribution in [0.5, 0.6) is 0 Å². The number of rotatable bonds is 16. The van der Waals surface area contributed by atoms with Gasteiger partial charge in [-0.1, -0.05) is 69.9 Å². The molecule has 176 valence electrons. The lowest BCUT2D eigenvalue weighted by molar-refractivity contribution is 0.895. The minimum atomic E-state index is 0.676. The van der Waals surface area contributed by atoms with Crippen LogP contribution in [0.25, 0.3) is 0 Å².